The first-order chi connectivity index (χ1) is 11.2. The van der Waals surface area contributed by atoms with Gasteiger partial charge in [-0.1, -0.05) is 37.3 Å². The fourth-order valence-corrected chi connectivity index (χ4v) is 2.74. The third kappa shape index (κ3) is 4.01. The van der Waals surface area contributed by atoms with Gasteiger partial charge in [-0.2, -0.15) is 4.80 Å². The molecule has 0 aliphatic rings. The summed E-state index contributed by atoms with van der Waals surface area (Å²) < 4.78 is 0. The summed E-state index contributed by atoms with van der Waals surface area (Å²) in [6, 6.07) is 12.0. The van der Waals surface area contributed by atoms with E-state index in [1.54, 1.807) is 11.3 Å². The van der Waals surface area contributed by atoms with Crippen molar-refractivity contribution >= 4 is 17.2 Å². The van der Waals surface area contributed by atoms with E-state index in [0.29, 0.717) is 12.4 Å². The lowest BCUT2D eigenvalue weighted by molar-refractivity contribution is -0.122. The standard InChI is InChI=1S/C16H17N5OS/c1-2-12-5-7-13(8-6-12)16-18-20-21(19-16)11-15(22)17-10-14-4-3-9-23-14/h3-9H,2,10-11H2,1H3,(H,17,22). The summed E-state index contributed by atoms with van der Waals surface area (Å²) in [5.41, 5.74) is 2.15. The quantitative estimate of drug-likeness (QED) is 0.754. The Hall–Kier alpha value is -2.54. The summed E-state index contributed by atoms with van der Waals surface area (Å²) in [4.78, 5) is 14.3. The van der Waals surface area contributed by atoms with Gasteiger partial charge in [0.05, 0.1) is 6.54 Å². The minimum absolute atomic E-state index is 0.0609. The Morgan fingerprint density at radius 2 is 2.09 bits per heavy atom. The Kier molecular flexibility index (Phi) is 4.77. The molecule has 0 saturated heterocycles. The second kappa shape index (κ2) is 7.15. The van der Waals surface area contributed by atoms with Gasteiger partial charge in [0.2, 0.25) is 11.7 Å². The van der Waals surface area contributed by atoms with Gasteiger partial charge in [-0.25, -0.2) is 0 Å². The largest absolute Gasteiger partial charge is 0.350 e. The number of rotatable bonds is 6. The molecule has 0 radical (unpaired) electrons. The molecule has 0 fully saturated rings. The zero-order valence-corrected chi connectivity index (χ0v) is 13.6. The number of aryl methyl sites for hydroxylation is 1. The lowest BCUT2D eigenvalue weighted by Gasteiger charge is -2.02. The van der Waals surface area contributed by atoms with Crippen molar-refractivity contribution in [2.24, 2.45) is 0 Å². The first kappa shape index (κ1) is 15.4. The monoisotopic (exact) mass is 327 g/mol. The van der Waals surface area contributed by atoms with Crippen molar-refractivity contribution in [1.82, 2.24) is 25.5 Å². The van der Waals surface area contributed by atoms with Crippen LogP contribution in [0.25, 0.3) is 11.4 Å². The van der Waals surface area contributed by atoms with Crippen LogP contribution < -0.4 is 5.32 Å². The number of thiophene rings is 1. The van der Waals surface area contributed by atoms with Crippen LogP contribution in [0.4, 0.5) is 0 Å². The Labute approximate surface area is 138 Å². The van der Waals surface area contributed by atoms with E-state index < -0.39 is 0 Å². The highest BCUT2D eigenvalue weighted by Crippen LogP contribution is 2.14. The summed E-state index contributed by atoms with van der Waals surface area (Å²) in [7, 11) is 0. The summed E-state index contributed by atoms with van der Waals surface area (Å²) in [6.45, 7) is 2.69. The van der Waals surface area contributed by atoms with Gasteiger partial charge in [0.15, 0.2) is 0 Å². The Morgan fingerprint density at radius 1 is 1.26 bits per heavy atom. The molecular weight excluding hydrogens is 310 g/mol. The van der Waals surface area contributed by atoms with Crippen molar-refractivity contribution in [1.29, 1.82) is 0 Å². The highest BCUT2D eigenvalue weighted by atomic mass is 32.1. The second-order valence-electron chi connectivity index (χ2n) is 5.05. The number of carbonyl (C=O) groups is 1. The number of hydrogen-bond donors (Lipinski definition) is 1. The Bertz CT molecular complexity index is 764. The molecule has 1 aromatic carbocycles. The number of aromatic nitrogens is 4. The molecular formula is C16H17N5OS. The molecule has 7 heteroatoms. The van der Waals surface area contributed by atoms with E-state index in [1.165, 1.54) is 10.4 Å². The second-order valence-corrected chi connectivity index (χ2v) is 6.08. The molecule has 0 bridgehead atoms. The summed E-state index contributed by atoms with van der Waals surface area (Å²) in [6.07, 6.45) is 0.991. The zero-order valence-electron chi connectivity index (χ0n) is 12.8. The van der Waals surface area contributed by atoms with Crippen molar-refractivity contribution in [2.75, 3.05) is 0 Å². The van der Waals surface area contributed by atoms with Crippen molar-refractivity contribution < 1.29 is 4.79 Å². The molecule has 2 aromatic heterocycles. The number of carbonyl (C=O) groups excluding carboxylic acids is 1. The third-order valence-electron chi connectivity index (χ3n) is 3.40. The van der Waals surface area contributed by atoms with Crippen molar-refractivity contribution in [3.8, 4) is 11.4 Å². The van der Waals surface area contributed by atoms with Gasteiger partial charge < -0.3 is 5.32 Å². The fourth-order valence-electron chi connectivity index (χ4n) is 2.10. The van der Waals surface area contributed by atoms with Crippen LogP contribution in [0.2, 0.25) is 0 Å². The molecule has 23 heavy (non-hydrogen) atoms. The van der Waals surface area contributed by atoms with Gasteiger partial charge in [0, 0.05) is 10.4 Å². The third-order valence-corrected chi connectivity index (χ3v) is 4.27. The van der Waals surface area contributed by atoms with Crippen LogP contribution in [0.5, 0.6) is 0 Å². The molecule has 0 atom stereocenters. The number of benzene rings is 1. The van der Waals surface area contributed by atoms with Crippen LogP contribution in [0.1, 0.15) is 17.4 Å². The zero-order chi connectivity index (χ0) is 16.1. The number of amides is 1. The van der Waals surface area contributed by atoms with Gasteiger partial charge in [0.25, 0.3) is 0 Å². The van der Waals surface area contributed by atoms with Crippen molar-refractivity contribution in [3.05, 3.63) is 52.2 Å². The van der Waals surface area contributed by atoms with Gasteiger partial charge in [0.1, 0.15) is 6.54 Å². The maximum absolute atomic E-state index is 11.9. The molecule has 0 spiro atoms. The maximum atomic E-state index is 11.9. The minimum Gasteiger partial charge on any atom is -0.350 e. The number of hydrogen-bond acceptors (Lipinski definition) is 5. The molecule has 0 aliphatic heterocycles. The molecule has 0 unspecified atom stereocenters. The molecule has 0 saturated carbocycles. The van der Waals surface area contributed by atoms with E-state index in [4.69, 9.17) is 0 Å². The predicted molar refractivity (Wildman–Crippen MR) is 88.8 cm³/mol. The van der Waals surface area contributed by atoms with Gasteiger partial charge in [-0.05, 0) is 28.6 Å². The Balaban J connectivity index is 1.58. The van der Waals surface area contributed by atoms with Crippen molar-refractivity contribution in [2.45, 2.75) is 26.4 Å². The molecule has 118 valence electrons. The van der Waals surface area contributed by atoms with E-state index >= 15 is 0 Å². The molecule has 6 nitrogen and oxygen atoms in total. The SMILES string of the molecule is CCc1ccc(-c2nnn(CC(=O)NCc3cccs3)n2)cc1. The average molecular weight is 327 g/mol. The van der Waals surface area contributed by atoms with Crippen LogP contribution in [0.3, 0.4) is 0 Å². The van der Waals surface area contributed by atoms with Crippen LogP contribution in [-0.2, 0) is 24.3 Å². The van der Waals surface area contributed by atoms with Crippen LogP contribution in [-0.4, -0.2) is 26.1 Å². The maximum Gasteiger partial charge on any atom is 0.243 e. The lowest BCUT2D eigenvalue weighted by Crippen LogP contribution is -2.27. The fraction of sp³-hybridized carbons (Fsp3) is 0.250. The topological polar surface area (TPSA) is 72.7 Å². The molecule has 1 amide bonds. The highest BCUT2D eigenvalue weighted by molar-refractivity contribution is 7.09. The molecule has 3 rings (SSSR count). The molecule has 0 aliphatic carbocycles. The molecule has 2 heterocycles. The number of nitrogens with one attached hydrogen (secondary N) is 1. The first-order valence-corrected chi connectivity index (χ1v) is 8.29. The lowest BCUT2D eigenvalue weighted by atomic mass is 10.1. The van der Waals surface area contributed by atoms with Gasteiger partial charge in [-0.3, -0.25) is 4.79 Å². The predicted octanol–water partition coefficient (Wildman–Crippen LogP) is 2.28. The number of tetrazole rings is 1. The summed E-state index contributed by atoms with van der Waals surface area (Å²) in [5.74, 6) is 0.391. The smallest absolute Gasteiger partial charge is 0.243 e. The molecule has 1 N–H and O–H groups in total. The highest BCUT2D eigenvalue weighted by Gasteiger charge is 2.09. The van der Waals surface area contributed by atoms with Gasteiger partial charge in [-0.15, -0.1) is 21.5 Å². The van der Waals surface area contributed by atoms with Crippen molar-refractivity contribution in [3.63, 3.8) is 0 Å². The number of nitrogens with zero attached hydrogens (tertiary/aromatic N) is 4. The first-order valence-electron chi connectivity index (χ1n) is 7.41. The van der Waals surface area contributed by atoms with Crippen LogP contribution >= 0.6 is 11.3 Å². The summed E-state index contributed by atoms with van der Waals surface area (Å²) in [5, 5.41) is 17.0. The minimum atomic E-state index is -0.135. The van der Waals surface area contributed by atoms with E-state index in [-0.39, 0.29) is 12.5 Å². The van der Waals surface area contributed by atoms with E-state index in [0.717, 1.165) is 16.9 Å². The van der Waals surface area contributed by atoms with E-state index in [2.05, 4.69) is 27.7 Å². The Morgan fingerprint density at radius 3 is 2.78 bits per heavy atom. The molecule has 3 aromatic rings. The van der Waals surface area contributed by atoms with E-state index in [1.807, 2.05) is 41.8 Å². The average Bonchev–Trinajstić information content (AvgIpc) is 3.25. The summed E-state index contributed by atoms with van der Waals surface area (Å²) >= 11 is 1.61. The van der Waals surface area contributed by atoms with Gasteiger partial charge >= 0.3 is 0 Å². The van der Waals surface area contributed by atoms with Crippen LogP contribution in [0, 0.1) is 0 Å². The normalized spacial score (nSPS) is 10.7. The van der Waals surface area contributed by atoms with E-state index in [9.17, 15) is 4.79 Å². The van der Waals surface area contributed by atoms with Crippen LogP contribution in [0.15, 0.2) is 41.8 Å².